The molecule has 3 N–H and O–H groups in total. The molecule has 0 radical (unpaired) electrons. The van der Waals surface area contributed by atoms with Gasteiger partial charge in [-0.25, -0.2) is 4.98 Å². The predicted molar refractivity (Wildman–Crippen MR) is 63.9 cm³/mol. The average Bonchev–Trinajstić information content (AvgIpc) is 2.33. The van der Waals surface area contributed by atoms with Gasteiger partial charge in [-0.1, -0.05) is 19.3 Å². The molecule has 4 heteroatoms. The molecule has 86 valence electrons. The van der Waals surface area contributed by atoms with Gasteiger partial charge in [-0.2, -0.15) is 0 Å². The fraction of sp³-hybridized carbons (Fsp3) is 0.500. The summed E-state index contributed by atoms with van der Waals surface area (Å²) in [5.41, 5.74) is 6.13. The Balaban J connectivity index is 1.93. The maximum Gasteiger partial charge on any atom is 0.228 e. The van der Waals surface area contributed by atoms with Crippen LogP contribution in [-0.4, -0.2) is 10.9 Å². The fourth-order valence-corrected chi connectivity index (χ4v) is 2.07. The van der Waals surface area contributed by atoms with Gasteiger partial charge in [-0.05, 0) is 25.0 Å². The van der Waals surface area contributed by atoms with Gasteiger partial charge >= 0.3 is 0 Å². The number of amides is 1. The molecule has 0 unspecified atom stereocenters. The van der Waals surface area contributed by atoms with Crippen LogP contribution in [0, 0.1) is 5.92 Å². The molecule has 1 saturated carbocycles. The number of hydrogen-bond acceptors (Lipinski definition) is 3. The Kier molecular flexibility index (Phi) is 3.39. The van der Waals surface area contributed by atoms with E-state index in [9.17, 15) is 4.79 Å². The molecule has 0 aromatic carbocycles. The fourth-order valence-electron chi connectivity index (χ4n) is 2.07. The number of nitrogen functional groups attached to an aromatic ring is 1. The third-order valence-corrected chi connectivity index (χ3v) is 3.01. The number of nitrogens with zero attached hydrogens (tertiary/aromatic N) is 1. The number of carbonyl (C=O) groups excluding carboxylic acids is 1. The van der Waals surface area contributed by atoms with E-state index in [0.717, 1.165) is 25.7 Å². The van der Waals surface area contributed by atoms with Crippen LogP contribution in [0.3, 0.4) is 0 Å². The number of aromatic nitrogens is 1. The highest BCUT2D eigenvalue weighted by atomic mass is 16.1. The van der Waals surface area contributed by atoms with Crippen molar-refractivity contribution in [2.24, 2.45) is 5.92 Å². The van der Waals surface area contributed by atoms with Gasteiger partial charge in [0.25, 0.3) is 0 Å². The van der Waals surface area contributed by atoms with Gasteiger partial charge in [-0.15, -0.1) is 0 Å². The summed E-state index contributed by atoms with van der Waals surface area (Å²) in [5, 5.41) is 2.83. The molecular weight excluding hydrogens is 202 g/mol. The number of pyridine rings is 1. The van der Waals surface area contributed by atoms with Crippen LogP contribution in [0.1, 0.15) is 32.1 Å². The van der Waals surface area contributed by atoms with Crippen molar-refractivity contribution in [3.8, 4) is 0 Å². The smallest absolute Gasteiger partial charge is 0.228 e. The monoisotopic (exact) mass is 219 g/mol. The first-order valence-electron chi connectivity index (χ1n) is 5.78. The van der Waals surface area contributed by atoms with Crippen LogP contribution in [0.25, 0.3) is 0 Å². The maximum atomic E-state index is 11.9. The molecule has 1 aliphatic carbocycles. The molecule has 16 heavy (non-hydrogen) atoms. The summed E-state index contributed by atoms with van der Waals surface area (Å²) in [7, 11) is 0. The van der Waals surface area contributed by atoms with Gasteiger partial charge in [-0.3, -0.25) is 4.79 Å². The highest BCUT2D eigenvalue weighted by molar-refractivity contribution is 5.91. The van der Waals surface area contributed by atoms with Crippen LogP contribution in [0.4, 0.5) is 11.5 Å². The standard InChI is InChI=1S/C12H17N3O/c13-10-6-7-11(14-8-10)15-12(16)9-4-2-1-3-5-9/h6-9H,1-5,13H2,(H,14,15,16). The Morgan fingerprint density at radius 1 is 1.31 bits per heavy atom. The number of anilines is 2. The molecule has 1 heterocycles. The van der Waals surface area contributed by atoms with Crippen LogP contribution in [0.5, 0.6) is 0 Å². The summed E-state index contributed by atoms with van der Waals surface area (Å²) in [6.45, 7) is 0. The van der Waals surface area contributed by atoms with Gasteiger partial charge in [0.2, 0.25) is 5.91 Å². The average molecular weight is 219 g/mol. The molecule has 1 aromatic heterocycles. The van der Waals surface area contributed by atoms with E-state index in [0.29, 0.717) is 11.5 Å². The summed E-state index contributed by atoms with van der Waals surface area (Å²) >= 11 is 0. The Morgan fingerprint density at radius 3 is 2.69 bits per heavy atom. The normalized spacial score (nSPS) is 17.0. The van der Waals surface area contributed by atoms with Crippen molar-refractivity contribution >= 4 is 17.4 Å². The second-order valence-corrected chi connectivity index (χ2v) is 4.30. The summed E-state index contributed by atoms with van der Waals surface area (Å²) in [4.78, 5) is 15.9. The number of nitrogens with two attached hydrogens (primary N) is 1. The molecule has 0 bridgehead atoms. The zero-order valence-corrected chi connectivity index (χ0v) is 9.28. The Labute approximate surface area is 95.3 Å². The topological polar surface area (TPSA) is 68.0 Å². The Morgan fingerprint density at radius 2 is 2.06 bits per heavy atom. The van der Waals surface area contributed by atoms with Gasteiger partial charge in [0.05, 0.1) is 11.9 Å². The SMILES string of the molecule is Nc1ccc(NC(=O)C2CCCCC2)nc1. The third-order valence-electron chi connectivity index (χ3n) is 3.01. The molecule has 1 aliphatic rings. The van der Waals surface area contributed by atoms with Crippen molar-refractivity contribution in [2.45, 2.75) is 32.1 Å². The predicted octanol–water partition coefficient (Wildman–Crippen LogP) is 2.18. The van der Waals surface area contributed by atoms with E-state index in [-0.39, 0.29) is 11.8 Å². The molecule has 0 saturated heterocycles. The van der Waals surface area contributed by atoms with Crippen molar-refractivity contribution in [1.82, 2.24) is 4.98 Å². The van der Waals surface area contributed by atoms with Crippen LogP contribution in [-0.2, 0) is 4.79 Å². The van der Waals surface area contributed by atoms with Gasteiger partial charge in [0, 0.05) is 5.92 Å². The lowest BCUT2D eigenvalue weighted by molar-refractivity contribution is -0.120. The quantitative estimate of drug-likeness (QED) is 0.801. The van der Waals surface area contributed by atoms with Gasteiger partial charge < -0.3 is 11.1 Å². The second kappa shape index (κ2) is 4.96. The van der Waals surface area contributed by atoms with E-state index in [1.165, 1.54) is 6.42 Å². The number of carbonyl (C=O) groups is 1. The van der Waals surface area contributed by atoms with E-state index in [4.69, 9.17) is 5.73 Å². The van der Waals surface area contributed by atoms with Gasteiger partial charge in [0.15, 0.2) is 0 Å². The lowest BCUT2D eigenvalue weighted by Crippen LogP contribution is -2.25. The van der Waals surface area contributed by atoms with Crippen LogP contribution in [0.15, 0.2) is 18.3 Å². The van der Waals surface area contributed by atoms with E-state index < -0.39 is 0 Å². The minimum atomic E-state index is 0.0944. The highest BCUT2D eigenvalue weighted by Gasteiger charge is 2.21. The van der Waals surface area contributed by atoms with E-state index in [1.54, 1.807) is 18.3 Å². The summed E-state index contributed by atoms with van der Waals surface area (Å²) < 4.78 is 0. The molecule has 0 atom stereocenters. The first-order valence-corrected chi connectivity index (χ1v) is 5.78. The second-order valence-electron chi connectivity index (χ2n) is 4.30. The number of nitrogens with one attached hydrogen (secondary N) is 1. The minimum absolute atomic E-state index is 0.0944. The molecule has 1 amide bonds. The van der Waals surface area contributed by atoms with Crippen molar-refractivity contribution in [3.05, 3.63) is 18.3 Å². The van der Waals surface area contributed by atoms with E-state index in [2.05, 4.69) is 10.3 Å². The summed E-state index contributed by atoms with van der Waals surface area (Å²) in [6.07, 6.45) is 7.13. The zero-order chi connectivity index (χ0) is 11.4. The Bertz CT molecular complexity index is 355. The zero-order valence-electron chi connectivity index (χ0n) is 9.28. The van der Waals surface area contributed by atoms with E-state index >= 15 is 0 Å². The Hall–Kier alpha value is -1.58. The minimum Gasteiger partial charge on any atom is -0.397 e. The number of hydrogen-bond donors (Lipinski definition) is 2. The molecule has 0 spiro atoms. The summed E-state index contributed by atoms with van der Waals surface area (Å²) in [5.74, 6) is 0.842. The number of rotatable bonds is 2. The lowest BCUT2D eigenvalue weighted by atomic mass is 9.89. The first kappa shape index (κ1) is 10.9. The van der Waals surface area contributed by atoms with Crippen molar-refractivity contribution in [3.63, 3.8) is 0 Å². The third kappa shape index (κ3) is 2.72. The first-order chi connectivity index (χ1) is 7.75. The van der Waals surface area contributed by atoms with Crippen molar-refractivity contribution in [1.29, 1.82) is 0 Å². The van der Waals surface area contributed by atoms with Crippen molar-refractivity contribution in [2.75, 3.05) is 11.1 Å². The van der Waals surface area contributed by atoms with E-state index in [1.807, 2.05) is 0 Å². The summed E-state index contributed by atoms with van der Waals surface area (Å²) in [6, 6.07) is 3.47. The maximum absolute atomic E-state index is 11.9. The molecule has 1 fully saturated rings. The molecule has 0 aliphatic heterocycles. The van der Waals surface area contributed by atoms with Crippen molar-refractivity contribution < 1.29 is 4.79 Å². The molecular formula is C12H17N3O. The molecule has 1 aromatic rings. The van der Waals surface area contributed by atoms with Gasteiger partial charge in [0.1, 0.15) is 5.82 Å². The molecule has 2 rings (SSSR count). The van der Waals surface area contributed by atoms with Crippen LogP contribution in [0.2, 0.25) is 0 Å². The van der Waals surface area contributed by atoms with Crippen LogP contribution >= 0.6 is 0 Å². The van der Waals surface area contributed by atoms with Crippen LogP contribution < -0.4 is 11.1 Å². The largest absolute Gasteiger partial charge is 0.397 e. The lowest BCUT2D eigenvalue weighted by Gasteiger charge is -2.20. The molecule has 4 nitrogen and oxygen atoms in total. The highest BCUT2D eigenvalue weighted by Crippen LogP contribution is 2.24.